The Kier molecular flexibility index (Phi) is 11.7. The highest BCUT2D eigenvalue weighted by atomic mass is 19.2. The summed E-state index contributed by atoms with van der Waals surface area (Å²) in [4.78, 5) is 56.4. The fraction of sp³-hybridized carbons (Fsp3) is 0.438. The first-order chi connectivity index (χ1) is 22.2. The number of nitro benzene ring substituents is 1. The maximum atomic E-state index is 14.4. The van der Waals surface area contributed by atoms with Crippen LogP contribution in [0.1, 0.15) is 65.5 Å². The molecule has 6 N–H and O–H groups in total. The molecule has 1 unspecified atom stereocenters. The Balaban J connectivity index is 1.89. The smallest absolute Gasteiger partial charge is 0.329 e. The van der Waals surface area contributed by atoms with Gasteiger partial charge in [-0.25, -0.2) is 13.6 Å². The zero-order valence-electron chi connectivity index (χ0n) is 27.7. The van der Waals surface area contributed by atoms with E-state index in [-0.39, 0.29) is 55.4 Å². The summed E-state index contributed by atoms with van der Waals surface area (Å²) in [6.07, 6.45) is -0.0357. The second-order valence-corrected chi connectivity index (χ2v) is 13.1. The van der Waals surface area contributed by atoms with Gasteiger partial charge in [-0.05, 0) is 72.1 Å². The van der Waals surface area contributed by atoms with Crippen LogP contribution in [0.2, 0.25) is 0 Å². The van der Waals surface area contributed by atoms with Crippen molar-refractivity contribution in [2.45, 2.75) is 84.6 Å². The van der Waals surface area contributed by atoms with Gasteiger partial charge < -0.3 is 31.2 Å². The van der Waals surface area contributed by atoms with Crippen LogP contribution in [-0.4, -0.2) is 50.6 Å². The number of aromatic nitrogens is 2. The van der Waals surface area contributed by atoms with Gasteiger partial charge in [-0.1, -0.05) is 12.1 Å². The number of nitrogens with two attached hydrogens (primary N) is 2. The number of nitrogens with zero attached hydrogens (tertiary/aromatic N) is 3. The Morgan fingerprint density at radius 1 is 1.04 bits per heavy atom. The monoisotopic (exact) mass is 673 g/mol. The Hall–Kier alpha value is -5.28. The minimum atomic E-state index is -1.39. The molecule has 0 amide bonds. The molecule has 0 aliphatic carbocycles. The Morgan fingerprint density at radius 3 is 2.21 bits per heavy atom. The molecule has 0 radical (unpaired) electrons. The summed E-state index contributed by atoms with van der Waals surface area (Å²) in [5.74, 6) is -4.07. The molecule has 1 aromatic heterocycles. The lowest BCUT2D eigenvalue weighted by Crippen LogP contribution is -2.37. The molecule has 0 bridgehead atoms. The molecule has 0 aliphatic heterocycles. The number of carbonyl (C=O) groups is 2. The Morgan fingerprint density at radius 2 is 1.65 bits per heavy atom. The molecule has 3 aromatic rings. The molecule has 48 heavy (non-hydrogen) atoms. The van der Waals surface area contributed by atoms with Gasteiger partial charge in [-0.2, -0.15) is 4.98 Å². The number of carbonyl (C=O) groups excluding carboxylic acids is 2. The number of esters is 2. The number of anilines is 4. The van der Waals surface area contributed by atoms with Crippen LogP contribution < -0.4 is 27.2 Å². The van der Waals surface area contributed by atoms with E-state index in [4.69, 9.17) is 20.9 Å². The quantitative estimate of drug-likeness (QED) is 0.111. The molecule has 0 aliphatic rings. The fourth-order valence-electron chi connectivity index (χ4n) is 4.64. The van der Waals surface area contributed by atoms with Crippen LogP contribution >= 0.6 is 0 Å². The van der Waals surface area contributed by atoms with Crippen LogP contribution in [0.15, 0.2) is 41.2 Å². The van der Waals surface area contributed by atoms with Gasteiger partial charge >= 0.3 is 11.9 Å². The SMILES string of the molecule is CC(C)(C)OC(=O)CCC(Nc1ccc(CN(CCc2c(N)nc(N)[nH]c2=O)c2cc(F)c(F)cc2[N+](=O)[O-])cc1)C(=O)OC(C)(C)C. The van der Waals surface area contributed by atoms with Crippen molar-refractivity contribution in [1.29, 1.82) is 0 Å². The number of rotatable bonds is 13. The molecule has 1 heterocycles. The van der Waals surface area contributed by atoms with Crippen LogP contribution in [0.5, 0.6) is 0 Å². The summed E-state index contributed by atoms with van der Waals surface area (Å²) in [5, 5.41) is 14.9. The van der Waals surface area contributed by atoms with Gasteiger partial charge in [0.15, 0.2) is 11.6 Å². The number of H-pyrrole nitrogens is 1. The van der Waals surface area contributed by atoms with E-state index < -0.39 is 57.0 Å². The van der Waals surface area contributed by atoms with Crippen molar-refractivity contribution < 1.29 is 32.8 Å². The van der Waals surface area contributed by atoms with Crippen molar-refractivity contribution in [2.24, 2.45) is 0 Å². The third kappa shape index (κ3) is 10.9. The molecule has 16 heteroatoms. The molecule has 0 spiro atoms. The van der Waals surface area contributed by atoms with Crippen LogP contribution in [0, 0.1) is 21.7 Å². The third-order valence-electron chi connectivity index (χ3n) is 6.67. The Labute approximate surface area is 276 Å². The lowest BCUT2D eigenvalue weighted by molar-refractivity contribution is -0.384. The van der Waals surface area contributed by atoms with Crippen LogP contribution in [0.4, 0.5) is 37.6 Å². The number of aromatic amines is 1. The average molecular weight is 674 g/mol. The van der Waals surface area contributed by atoms with E-state index in [0.29, 0.717) is 23.4 Å². The first-order valence-corrected chi connectivity index (χ1v) is 15.0. The maximum absolute atomic E-state index is 14.4. The predicted molar refractivity (Wildman–Crippen MR) is 176 cm³/mol. The van der Waals surface area contributed by atoms with Crippen LogP contribution in [0.25, 0.3) is 0 Å². The van der Waals surface area contributed by atoms with E-state index in [2.05, 4.69) is 15.3 Å². The van der Waals surface area contributed by atoms with Gasteiger partial charge in [0.1, 0.15) is 28.7 Å². The van der Waals surface area contributed by atoms with Crippen molar-refractivity contribution in [1.82, 2.24) is 9.97 Å². The number of hydrogen-bond donors (Lipinski definition) is 4. The first-order valence-electron chi connectivity index (χ1n) is 15.0. The summed E-state index contributed by atoms with van der Waals surface area (Å²) < 4.78 is 39.3. The molecule has 0 saturated heterocycles. The first kappa shape index (κ1) is 37.2. The molecule has 3 rings (SSSR count). The summed E-state index contributed by atoms with van der Waals surface area (Å²) in [6, 6.07) is 6.91. The van der Waals surface area contributed by atoms with Gasteiger partial charge in [-0.15, -0.1) is 0 Å². The highest BCUT2D eigenvalue weighted by molar-refractivity contribution is 5.81. The van der Waals surface area contributed by atoms with Gasteiger partial charge in [0, 0.05) is 31.3 Å². The molecule has 1 atom stereocenters. The third-order valence-corrected chi connectivity index (χ3v) is 6.67. The molecular weight excluding hydrogens is 632 g/mol. The van der Waals surface area contributed by atoms with Crippen LogP contribution in [-0.2, 0) is 32.0 Å². The van der Waals surface area contributed by atoms with Crippen molar-refractivity contribution in [2.75, 3.05) is 28.2 Å². The summed E-state index contributed by atoms with van der Waals surface area (Å²) in [5.41, 5.74) is 9.56. The number of halogens is 2. The van der Waals surface area contributed by atoms with Gasteiger partial charge in [0.05, 0.1) is 16.6 Å². The van der Waals surface area contributed by atoms with Crippen molar-refractivity contribution in [3.63, 3.8) is 0 Å². The van der Waals surface area contributed by atoms with E-state index in [0.717, 1.165) is 0 Å². The minimum Gasteiger partial charge on any atom is -0.460 e. The van der Waals surface area contributed by atoms with E-state index in [1.807, 2.05) is 0 Å². The molecule has 0 fully saturated rings. The number of nitrogens with one attached hydrogen (secondary N) is 2. The van der Waals surface area contributed by atoms with E-state index in [9.17, 15) is 33.3 Å². The minimum absolute atomic E-state index is 0.0411. The number of benzene rings is 2. The lowest BCUT2D eigenvalue weighted by atomic mass is 10.1. The zero-order chi connectivity index (χ0) is 36.0. The van der Waals surface area contributed by atoms with E-state index in [1.54, 1.807) is 65.8 Å². The van der Waals surface area contributed by atoms with E-state index >= 15 is 0 Å². The highest BCUT2D eigenvalue weighted by Gasteiger charge is 2.28. The molecule has 0 saturated carbocycles. The number of nitro groups is 1. The fourth-order valence-corrected chi connectivity index (χ4v) is 4.64. The van der Waals surface area contributed by atoms with E-state index in [1.165, 1.54) is 4.90 Å². The number of nitrogen functional groups attached to an aromatic ring is 2. The van der Waals surface area contributed by atoms with Crippen molar-refractivity contribution in [3.8, 4) is 0 Å². The molecule has 260 valence electrons. The van der Waals surface area contributed by atoms with Gasteiger partial charge in [-0.3, -0.25) is 24.7 Å². The van der Waals surface area contributed by atoms with Crippen molar-refractivity contribution in [3.05, 3.63) is 79.6 Å². The standard InChI is InChI=1S/C32H41F2N7O7/c1-31(2,3)47-26(42)12-11-23(29(44)48-32(4,5)6)37-19-9-7-18(8-10-19)17-40(14-13-20-27(35)38-30(36)39-28(20)43)24-15-21(33)22(34)16-25(24)41(45)46/h7-10,15-16,23,37H,11-14,17H2,1-6H3,(H5,35,36,38,39,43). The highest BCUT2D eigenvalue weighted by Crippen LogP contribution is 2.32. The van der Waals surface area contributed by atoms with Gasteiger partial charge in [0.25, 0.3) is 11.2 Å². The summed E-state index contributed by atoms with van der Waals surface area (Å²) in [6.45, 7) is 10.3. The molecular formula is C32H41F2N7O7. The average Bonchev–Trinajstić information content (AvgIpc) is 2.94. The topological polar surface area (TPSA) is 209 Å². The predicted octanol–water partition coefficient (Wildman–Crippen LogP) is 4.61. The normalized spacial score (nSPS) is 12.2. The zero-order valence-corrected chi connectivity index (χ0v) is 27.7. The number of ether oxygens (including phenoxy) is 2. The summed E-state index contributed by atoms with van der Waals surface area (Å²) in [7, 11) is 0. The number of hydrogen-bond acceptors (Lipinski definition) is 12. The van der Waals surface area contributed by atoms with Gasteiger partial charge in [0.2, 0.25) is 5.95 Å². The molecule has 2 aromatic carbocycles. The van der Waals surface area contributed by atoms with Crippen LogP contribution in [0.3, 0.4) is 0 Å². The second kappa shape index (κ2) is 15.1. The molecule has 14 nitrogen and oxygen atoms in total. The largest absolute Gasteiger partial charge is 0.460 e. The second-order valence-electron chi connectivity index (χ2n) is 13.1. The Bertz CT molecular complexity index is 1700. The summed E-state index contributed by atoms with van der Waals surface area (Å²) >= 11 is 0. The van der Waals surface area contributed by atoms with Crippen molar-refractivity contribution >= 4 is 40.8 Å². The lowest BCUT2D eigenvalue weighted by Gasteiger charge is -2.26. The maximum Gasteiger partial charge on any atom is 0.329 e.